The fourth-order valence-corrected chi connectivity index (χ4v) is 1.13. The van der Waals surface area contributed by atoms with Crippen LogP contribution in [-0.2, 0) is 63.8 Å². The van der Waals surface area contributed by atoms with Crippen molar-refractivity contribution in [3.63, 3.8) is 0 Å². The number of hydrogen-bond acceptors (Lipinski definition) is 0. The van der Waals surface area contributed by atoms with Crippen molar-refractivity contribution in [3.05, 3.63) is 96.5 Å². The van der Waals surface area contributed by atoms with Crippen LogP contribution in [0.25, 0.3) is 0 Å². The van der Waals surface area contributed by atoms with Gasteiger partial charge in [-0.3, -0.25) is 0 Å². The predicted octanol–water partition coefficient (Wildman–Crippen LogP) is 2.96. The molecule has 0 amide bonds. The largest absolute Gasteiger partial charge is 1.00 e. The molecule has 0 aromatic heterocycles. The van der Waals surface area contributed by atoms with Crippen molar-refractivity contribution >= 4 is 7.92 Å². The predicted molar refractivity (Wildman–Crippen MR) is 85.2 cm³/mol. The molecule has 8 heteroatoms. The van der Waals surface area contributed by atoms with Crippen LogP contribution < -0.4 is 0 Å². The summed E-state index contributed by atoms with van der Waals surface area (Å²) in [5.74, 6) is 2.62. The Balaban J connectivity index is -0.0000000392. The van der Waals surface area contributed by atoms with Crippen LogP contribution in [-0.4, -0.2) is 20.0 Å². The molecular weight excluding hydrogens is 612 g/mol. The molecule has 26 heavy (non-hydrogen) atoms. The van der Waals surface area contributed by atoms with Crippen molar-refractivity contribution in [2.75, 3.05) is 20.0 Å². The van der Waals surface area contributed by atoms with Gasteiger partial charge in [-0.05, 0) is 83.2 Å². The van der Waals surface area contributed by atoms with E-state index in [0.717, 1.165) is 0 Å². The average Bonchev–Trinajstić information content (AvgIpc) is 3.36. The molecule has 0 unspecified atom stereocenters. The Morgan fingerprint density at radius 3 is 0.769 bits per heavy atom. The van der Waals surface area contributed by atoms with E-state index in [1.165, 1.54) is 11.8 Å². The second kappa shape index (κ2) is 50.0. The van der Waals surface area contributed by atoms with Crippen LogP contribution in [0.4, 0.5) is 0 Å². The summed E-state index contributed by atoms with van der Waals surface area (Å²) in [5, 5.41) is 0. The van der Waals surface area contributed by atoms with E-state index in [0.29, 0.717) is 7.92 Å². The van der Waals surface area contributed by atoms with Gasteiger partial charge in [-0.1, -0.05) is 0 Å². The summed E-state index contributed by atoms with van der Waals surface area (Å²) >= 11 is 0. The second-order valence-electron chi connectivity index (χ2n) is 3.69. The first-order valence-electron chi connectivity index (χ1n) is 5.77. The Kier molecular flexibility index (Phi) is 87.0. The van der Waals surface area contributed by atoms with E-state index in [4.69, 9.17) is 23.3 Å². The minimum Gasteiger partial charge on any atom is -0.0309 e. The maximum atomic E-state index is 7.50. The Labute approximate surface area is 187 Å². The van der Waals surface area contributed by atoms with Gasteiger partial charge in [-0.25, -0.2) is 0 Å². The first-order chi connectivity index (χ1) is 11.7. The standard InChI is InChI=1S/C10H8.C3H9P.5CO.Ru.W/c1-2-6-9(5-1)10-7-3-4-8-10;1-4(2)3;5*1-2;;/h1-8H;1-3H3;;;;;;;/q;;;;;;;+1;. The second-order valence-corrected chi connectivity index (χ2v) is 6.37. The van der Waals surface area contributed by atoms with Crippen LogP contribution in [0.2, 0.25) is 0 Å². The molecule has 2 saturated carbocycles. The molecule has 11 radical (unpaired) electrons. The number of hydrogen-bond donors (Lipinski definition) is 0. The van der Waals surface area contributed by atoms with Crippen molar-refractivity contribution in [1.29, 1.82) is 0 Å². The van der Waals surface area contributed by atoms with E-state index in [1.54, 1.807) is 0 Å². The van der Waals surface area contributed by atoms with Gasteiger partial charge in [0.1, 0.15) is 0 Å². The number of rotatable bonds is 1. The summed E-state index contributed by atoms with van der Waals surface area (Å²) in [4.78, 5) is 0. The van der Waals surface area contributed by atoms with Gasteiger partial charge >= 0.3 is 76.0 Å². The molecule has 137 valence electrons. The third-order valence-corrected chi connectivity index (χ3v) is 1.66. The molecule has 0 aromatic rings. The molecule has 0 spiro atoms. The zero-order valence-corrected chi connectivity index (χ0v) is 19.9. The minimum absolute atomic E-state index is 0. The van der Waals surface area contributed by atoms with E-state index >= 15 is 0 Å². The molecular formula is C18H17O5PRuW+. The van der Waals surface area contributed by atoms with Crippen molar-refractivity contribution < 1.29 is 63.8 Å². The molecule has 5 nitrogen and oxygen atoms in total. The molecule has 2 aliphatic rings. The summed E-state index contributed by atoms with van der Waals surface area (Å²) in [7, 11) is 0.380. The normalized spacial score (nSPS) is 13.3. The summed E-state index contributed by atoms with van der Waals surface area (Å²) in [5.41, 5.74) is 0. The summed E-state index contributed by atoms with van der Waals surface area (Å²) in [6, 6.07) is 0. The van der Waals surface area contributed by atoms with Crippen LogP contribution in [0.5, 0.6) is 0 Å². The molecule has 0 aromatic carbocycles. The van der Waals surface area contributed by atoms with E-state index in [-0.39, 0.29) is 40.5 Å². The van der Waals surface area contributed by atoms with E-state index in [9.17, 15) is 0 Å². The monoisotopic (exact) mass is 630 g/mol. The maximum Gasteiger partial charge on any atom is 1.00 e. The van der Waals surface area contributed by atoms with Crippen LogP contribution in [0.3, 0.4) is 0 Å². The molecule has 0 N–H and O–H groups in total. The maximum absolute atomic E-state index is 7.50. The Hall–Kier alpha value is 0.442. The molecule has 0 heterocycles. The summed E-state index contributed by atoms with van der Waals surface area (Å²) < 4.78 is 37.5. The van der Waals surface area contributed by atoms with Crippen LogP contribution in [0.15, 0.2) is 0 Å². The third-order valence-electron chi connectivity index (χ3n) is 1.66. The fraction of sp³-hybridized carbons (Fsp3) is 0.167. The van der Waals surface area contributed by atoms with Crippen molar-refractivity contribution in [3.8, 4) is 0 Å². The van der Waals surface area contributed by atoms with Gasteiger partial charge in [0.2, 0.25) is 0 Å². The first-order valence-corrected chi connectivity index (χ1v) is 8.45. The quantitative estimate of drug-likeness (QED) is 0.185. The molecule has 2 rings (SSSR count). The molecule has 2 aliphatic carbocycles. The van der Waals surface area contributed by atoms with E-state index in [1.807, 2.05) is 0 Å². The van der Waals surface area contributed by atoms with Gasteiger partial charge in [0.15, 0.2) is 0 Å². The Morgan fingerprint density at radius 1 is 0.538 bits per heavy atom. The van der Waals surface area contributed by atoms with E-state index < -0.39 is 0 Å². The van der Waals surface area contributed by atoms with Gasteiger partial charge in [0, 0.05) is 21.1 Å². The zero-order chi connectivity index (χ0) is 20.4. The molecule has 0 atom stereocenters. The van der Waals surface area contributed by atoms with Crippen molar-refractivity contribution in [2.45, 2.75) is 0 Å². The third kappa shape index (κ3) is 39.5. The SMILES string of the molecule is CP(C)C.[C-]#[O+].[C-]#[O+].[C-]#[O+].[C-]#[O+].[C-]#[O+].[CH]1[CH][CH][C]([C]2[CH][CH][CH][CH]2)[CH]1.[Ru+].[W]. The summed E-state index contributed by atoms with van der Waals surface area (Å²) in [6.45, 7) is 29.2. The van der Waals surface area contributed by atoms with Gasteiger partial charge in [0.25, 0.3) is 0 Å². The molecule has 0 saturated heterocycles. The van der Waals surface area contributed by atoms with Gasteiger partial charge in [-0.2, -0.15) is 0 Å². The smallest absolute Gasteiger partial charge is 0.0309 e. The van der Waals surface area contributed by atoms with Gasteiger partial charge in [-0.15, -0.1) is 7.92 Å². The topological polar surface area (TPSA) is 99.5 Å². The van der Waals surface area contributed by atoms with Gasteiger partial charge < -0.3 is 0 Å². The molecule has 0 bridgehead atoms. The molecule has 0 aliphatic heterocycles. The van der Waals surface area contributed by atoms with Gasteiger partial charge in [0.05, 0.1) is 0 Å². The van der Waals surface area contributed by atoms with Crippen LogP contribution in [0.1, 0.15) is 0 Å². The summed E-state index contributed by atoms with van der Waals surface area (Å²) in [6.07, 6.45) is 16.7. The van der Waals surface area contributed by atoms with Crippen molar-refractivity contribution in [2.24, 2.45) is 0 Å². The van der Waals surface area contributed by atoms with Crippen LogP contribution >= 0.6 is 7.92 Å². The first kappa shape index (κ1) is 45.3. The minimum atomic E-state index is 0. The molecule has 2 fully saturated rings. The Bertz CT molecular complexity index is 266. The zero-order valence-electron chi connectivity index (χ0n) is 14.4. The fourth-order valence-electron chi connectivity index (χ4n) is 1.13. The van der Waals surface area contributed by atoms with Crippen molar-refractivity contribution in [1.82, 2.24) is 0 Å². The Morgan fingerprint density at radius 2 is 0.654 bits per heavy atom. The average molecular weight is 629 g/mol. The van der Waals surface area contributed by atoms with E-state index in [2.05, 4.69) is 105 Å². The van der Waals surface area contributed by atoms with Crippen LogP contribution in [0, 0.1) is 96.5 Å².